The molecule has 6 heteroatoms. The molecule has 1 aliphatic rings. The number of halogens is 2. The predicted molar refractivity (Wildman–Crippen MR) is 81.1 cm³/mol. The van der Waals surface area contributed by atoms with Crippen LogP contribution in [0, 0.1) is 0 Å². The summed E-state index contributed by atoms with van der Waals surface area (Å²) in [6.45, 7) is 0.746. The quantitative estimate of drug-likeness (QED) is 0.883. The van der Waals surface area contributed by atoms with Gasteiger partial charge in [0.25, 0.3) is 0 Å². The first-order valence-electron chi connectivity index (χ1n) is 6.39. The molecular weight excluding hydrogens is 342 g/mol. The maximum atomic E-state index is 6.06. The van der Waals surface area contributed by atoms with Crippen LogP contribution in [0.5, 0.6) is 11.6 Å². The van der Waals surface area contributed by atoms with E-state index in [0.29, 0.717) is 22.7 Å². The summed E-state index contributed by atoms with van der Waals surface area (Å²) < 4.78 is 6.53. The molecule has 2 aromatic rings. The van der Waals surface area contributed by atoms with Crippen molar-refractivity contribution in [1.29, 1.82) is 0 Å². The van der Waals surface area contributed by atoms with E-state index in [2.05, 4.69) is 31.4 Å². The van der Waals surface area contributed by atoms with Gasteiger partial charge < -0.3 is 10.1 Å². The highest BCUT2D eigenvalue weighted by molar-refractivity contribution is 9.10. The summed E-state index contributed by atoms with van der Waals surface area (Å²) in [6, 6.07) is 9.79. The summed E-state index contributed by atoms with van der Waals surface area (Å²) >= 11 is 9.44. The number of hydrogen-bond donors (Lipinski definition) is 1. The third-order valence-electron chi connectivity index (χ3n) is 2.95. The lowest BCUT2D eigenvalue weighted by Crippen LogP contribution is -2.16. The number of aromatic nitrogens is 2. The molecule has 0 unspecified atom stereocenters. The topological polar surface area (TPSA) is 47.0 Å². The van der Waals surface area contributed by atoms with E-state index >= 15 is 0 Å². The third kappa shape index (κ3) is 3.69. The van der Waals surface area contributed by atoms with Crippen molar-refractivity contribution in [2.75, 3.05) is 0 Å². The van der Waals surface area contributed by atoms with E-state index < -0.39 is 0 Å². The maximum Gasteiger partial charge on any atom is 0.238 e. The van der Waals surface area contributed by atoms with Crippen LogP contribution < -0.4 is 10.1 Å². The monoisotopic (exact) mass is 353 g/mol. The van der Waals surface area contributed by atoms with Crippen LogP contribution in [-0.4, -0.2) is 16.2 Å². The molecule has 0 radical (unpaired) electrons. The van der Waals surface area contributed by atoms with Crippen LogP contribution in [0.4, 0.5) is 0 Å². The first kappa shape index (κ1) is 13.8. The summed E-state index contributed by atoms with van der Waals surface area (Å²) in [6.07, 6.45) is 2.52. The number of rotatable bonds is 5. The Morgan fingerprint density at radius 2 is 2.10 bits per heavy atom. The molecule has 0 atom stereocenters. The second-order valence-corrected chi connectivity index (χ2v) is 6.02. The lowest BCUT2D eigenvalue weighted by molar-refractivity contribution is 0.453. The van der Waals surface area contributed by atoms with Gasteiger partial charge in [0, 0.05) is 23.1 Å². The van der Waals surface area contributed by atoms with Crippen molar-refractivity contribution < 1.29 is 4.74 Å². The molecule has 0 amide bonds. The number of nitrogens with one attached hydrogen (secondary N) is 1. The summed E-state index contributed by atoms with van der Waals surface area (Å²) in [5, 5.41) is 12.1. The van der Waals surface area contributed by atoms with Crippen molar-refractivity contribution in [3.63, 3.8) is 0 Å². The zero-order chi connectivity index (χ0) is 13.9. The molecule has 0 saturated heterocycles. The van der Waals surface area contributed by atoms with Gasteiger partial charge in [0.1, 0.15) is 5.75 Å². The molecule has 1 aromatic heterocycles. The normalized spacial score (nSPS) is 14.3. The molecule has 0 aliphatic heterocycles. The van der Waals surface area contributed by atoms with Gasteiger partial charge in [-0.2, -0.15) is 5.10 Å². The first-order chi connectivity index (χ1) is 9.70. The van der Waals surface area contributed by atoms with Gasteiger partial charge in [0.05, 0.1) is 10.7 Å². The van der Waals surface area contributed by atoms with Crippen molar-refractivity contribution in [1.82, 2.24) is 15.5 Å². The lowest BCUT2D eigenvalue weighted by atomic mass is 10.3. The molecule has 1 saturated carbocycles. The maximum absolute atomic E-state index is 6.06. The first-order valence-corrected chi connectivity index (χ1v) is 7.57. The zero-order valence-electron chi connectivity index (χ0n) is 10.6. The highest BCUT2D eigenvalue weighted by atomic mass is 79.9. The standard InChI is InChI=1S/C14H13BrClN3O/c15-9-1-5-12(16)13(7-9)20-14-6-4-11(18-19-14)8-17-10-2-3-10/h1,4-7,10,17H,2-3,8H2. The third-order valence-corrected chi connectivity index (χ3v) is 3.76. The molecular formula is C14H13BrClN3O. The zero-order valence-corrected chi connectivity index (χ0v) is 13.0. The largest absolute Gasteiger partial charge is 0.436 e. The average Bonchev–Trinajstić information content (AvgIpc) is 3.26. The molecule has 3 rings (SSSR count). The smallest absolute Gasteiger partial charge is 0.238 e. The van der Waals surface area contributed by atoms with E-state index in [1.54, 1.807) is 18.2 Å². The highest BCUT2D eigenvalue weighted by Gasteiger charge is 2.20. The Morgan fingerprint density at radius 1 is 1.25 bits per heavy atom. The van der Waals surface area contributed by atoms with Gasteiger partial charge in [-0.25, -0.2) is 0 Å². The SMILES string of the molecule is Clc1ccc(Br)cc1Oc1ccc(CNC2CC2)nn1. The molecule has 104 valence electrons. The fraction of sp³-hybridized carbons (Fsp3) is 0.286. The van der Waals surface area contributed by atoms with Gasteiger partial charge in [-0.3, -0.25) is 0 Å². The van der Waals surface area contributed by atoms with Crippen molar-refractivity contribution >= 4 is 27.5 Å². The van der Waals surface area contributed by atoms with Crippen molar-refractivity contribution in [2.45, 2.75) is 25.4 Å². The van der Waals surface area contributed by atoms with Gasteiger partial charge in [0.2, 0.25) is 5.88 Å². The van der Waals surface area contributed by atoms with E-state index in [-0.39, 0.29) is 0 Å². The minimum atomic E-state index is 0.431. The van der Waals surface area contributed by atoms with Crippen molar-refractivity contribution in [2.24, 2.45) is 0 Å². The second-order valence-electron chi connectivity index (χ2n) is 4.69. The lowest BCUT2D eigenvalue weighted by Gasteiger charge is -2.07. The number of benzene rings is 1. The predicted octanol–water partition coefficient (Wildman–Crippen LogP) is 3.94. The van der Waals surface area contributed by atoms with E-state index in [9.17, 15) is 0 Å². The number of ether oxygens (including phenoxy) is 1. The fourth-order valence-corrected chi connectivity index (χ4v) is 2.20. The Kier molecular flexibility index (Phi) is 4.19. The fourth-order valence-electron chi connectivity index (χ4n) is 1.70. The Hall–Kier alpha value is -1.17. The molecule has 1 N–H and O–H groups in total. The van der Waals surface area contributed by atoms with Crippen molar-refractivity contribution in [3.8, 4) is 11.6 Å². The summed E-state index contributed by atoms with van der Waals surface area (Å²) in [5.41, 5.74) is 0.907. The van der Waals surface area contributed by atoms with E-state index in [0.717, 1.165) is 16.7 Å². The van der Waals surface area contributed by atoms with Crippen LogP contribution in [-0.2, 0) is 6.54 Å². The minimum Gasteiger partial charge on any atom is -0.436 e. The van der Waals surface area contributed by atoms with Gasteiger partial charge >= 0.3 is 0 Å². The van der Waals surface area contributed by atoms with Gasteiger partial charge in [-0.15, -0.1) is 5.10 Å². The summed E-state index contributed by atoms with van der Waals surface area (Å²) in [4.78, 5) is 0. The molecule has 1 fully saturated rings. The van der Waals surface area contributed by atoms with Gasteiger partial charge in [0.15, 0.2) is 0 Å². The number of nitrogens with zero attached hydrogens (tertiary/aromatic N) is 2. The highest BCUT2D eigenvalue weighted by Crippen LogP contribution is 2.31. The minimum absolute atomic E-state index is 0.431. The Bertz CT molecular complexity index is 602. The number of hydrogen-bond acceptors (Lipinski definition) is 4. The van der Waals surface area contributed by atoms with Crippen LogP contribution in [0.15, 0.2) is 34.8 Å². The molecule has 0 spiro atoms. The molecule has 1 heterocycles. The van der Waals surface area contributed by atoms with Crippen LogP contribution in [0.1, 0.15) is 18.5 Å². The van der Waals surface area contributed by atoms with Crippen molar-refractivity contribution in [3.05, 3.63) is 45.5 Å². The summed E-state index contributed by atoms with van der Waals surface area (Å²) in [5.74, 6) is 0.986. The molecule has 1 aromatic carbocycles. The van der Waals surface area contributed by atoms with Crippen LogP contribution in [0.3, 0.4) is 0 Å². The molecule has 0 bridgehead atoms. The Labute approximate surface area is 130 Å². The van der Waals surface area contributed by atoms with Crippen LogP contribution in [0.25, 0.3) is 0 Å². The molecule has 20 heavy (non-hydrogen) atoms. The Balaban J connectivity index is 1.66. The summed E-state index contributed by atoms with van der Waals surface area (Å²) in [7, 11) is 0. The van der Waals surface area contributed by atoms with Gasteiger partial charge in [-0.1, -0.05) is 27.5 Å². The average molecular weight is 355 g/mol. The molecule has 1 aliphatic carbocycles. The van der Waals surface area contributed by atoms with E-state index in [4.69, 9.17) is 16.3 Å². The van der Waals surface area contributed by atoms with Crippen LogP contribution >= 0.6 is 27.5 Å². The van der Waals surface area contributed by atoms with E-state index in [1.165, 1.54) is 12.8 Å². The second kappa shape index (κ2) is 6.08. The van der Waals surface area contributed by atoms with E-state index in [1.807, 2.05) is 12.1 Å². The molecule has 4 nitrogen and oxygen atoms in total. The van der Waals surface area contributed by atoms with Crippen LogP contribution in [0.2, 0.25) is 5.02 Å². The Morgan fingerprint density at radius 3 is 2.80 bits per heavy atom. The van der Waals surface area contributed by atoms with Gasteiger partial charge in [-0.05, 0) is 37.1 Å².